The van der Waals surface area contributed by atoms with E-state index in [1.165, 1.54) is 59.6 Å². The van der Waals surface area contributed by atoms with Gasteiger partial charge in [0.1, 0.15) is 5.75 Å². The Morgan fingerprint density at radius 3 is 1.94 bits per heavy atom. The molecule has 4 aromatic carbocycles. The third-order valence-corrected chi connectivity index (χ3v) is 6.42. The molecule has 0 heterocycles. The minimum atomic E-state index is 0.773. The van der Waals surface area contributed by atoms with Crippen LogP contribution >= 0.6 is 0 Å². The van der Waals surface area contributed by atoms with Crippen molar-refractivity contribution < 1.29 is 4.74 Å². The molecule has 0 atom stereocenters. The van der Waals surface area contributed by atoms with E-state index in [2.05, 4.69) is 105 Å². The topological polar surface area (TPSA) is 9.23 Å². The van der Waals surface area contributed by atoms with E-state index in [-0.39, 0.29) is 0 Å². The van der Waals surface area contributed by atoms with Crippen molar-refractivity contribution in [2.45, 2.75) is 58.8 Å². The Balaban J connectivity index is 1.38. The first-order valence-electron chi connectivity index (χ1n) is 13.1. The predicted octanol–water partition coefficient (Wildman–Crippen LogP) is 9.21. The molecule has 0 fully saturated rings. The van der Waals surface area contributed by atoms with Crippen molar-refractivity contribution in [2.75, 3.05) is 6.61 Å². The van der Waals surface area contributed by atoms with Crippen LogP contribution in [0, 0.1) is 11.8 Å². The molecule has 4 aromatic rings. The van der Waals surface area contributed by atoms with Gasteiger partial charge in [-0.05, 0) is 83.1 Å². The van der Waals surface area contributed by atoms with Crippen molar-refractivity contribution in [1.29, 1.82) is 0 Å². The van der Waals surface area contributed by atoms with Crippen molar-refractivity contribution in [3.05, 3.63) is 102 Å². The molecule has 1 heteroatoms. The minimum Gasteiger partial charge on any atom is -0.494 e. The van der Waals surface area contributed by atoms with Gasteiger partial charge < -0.3 is 4.74 Å². The number of benzene rings is 4. The summed E-state index contributed by atoms with van der Waals surface area (Å²) >= 11 is 0. The molecular weight excluding hydrogens is 424 g/mol. The molecule has 0 aromatic heterocycles. The Labute approximate surface area is 211 Å². The van der Waals surface area contributed by atoms with E-state index in [1.54, 1.807) is 0 Å². The van der Waals surface area contributed by atoms with Crippen LogP contribution in [-0.2, 0) is 6.42 Å². The quantitative estimate of drug-likeness (QED) is 0.169. The summed E-state index contributed by atoms with van der Waals surface area (Å²) in [6.07, 6.45) is 8.64. The fourth-order valence-corrected chi connectivity index (χ4v) is 4.24. The van der Waals surface area contributed by atoms with E-state index in [4.69, 9.17) is 4.74 Å². The average Bonchev–Trinajstić information content (AvgIpc) is 2.91. The second kappa shape index (κ2) is 12.8. The molecule has 4 rings (SSSR count). The summed E-state index contributed by atoms with van der Waals surface area (Å²) in [7, 11) is 0. The first-order valence-corrected chi connectivity index (χ1v) is 13.1. The number of unbranched alkanes of at least 4 members (excludes halogenated alkanes) is 4. The molecule has 0 spiro atoms. The highest BCUT2D eigenvalue weighted by Crippen LogP contribution is 2.23. The van der Waals surface area contributed by atoms with Crippen LogP contribution in [-0.4, -0.2) is 6.61 Å². The van der Waals surface area contributed by atoms with Gasteiger partial charge in [0.15, 0.2) is 0 Å². The van der Waals surface area contributed by atoms with Gasteiger partial charge in [-0.15, -0.1) is 0 Å². The Morgan fingerprint density at radius 1 is 0.571 bits per heavy atom. The highest BCUT2D eigenvalue weighted by atomic mass is 16.5. The number of aryl methyl sites for hydroxylation is 1. The maximum atomic E-state index is 5.83. The van der Waals surface area contributed by atoms with Crippen molar-refractivity contribution in [2.24, 2.45) is 0 Å². The fourth-order valence-electron chi connectivity index (χ4n) is 4.24. The second-order valence-electron chi connectivity index (χ2n) is 9.26. The summed E-state index contributed by atoms with van der Waals surface area (Å²) in [5.74, 6) is 7.58. The maximum absolute atomic E-state index is 5.83. The molecule has 0 saturated heterocycles. The molecule has 0 bridgehead atoms. The smallest absolute Gasteiger partial charge is 0.119 e. The highest BCUT2D eigenvalue weighted by Gasteiger charge is 2.01. The summed E-state index contributed by atoms with van der Waals surface area (Å²) in [6.45, 7) is 5.21. The van der Waals surface area contributed by atoms with Gasteiger partial charge in [0.25, 0.3) is 0 Å². The molecule has 35 heavy (non-hydrogen) atoms. The van der Waals surface area contributed by atoms with Gasteiger partial charge in [0.2, 0.25) is 0 Å². The van der Waals surface area contributed by atoms with Crippen molar-refractivity contribution in [1.82, 2.24) is 0 Å². The zero-order chi connectivity index (χ0) is 24.3. The van der Waals surface area contributed by atoms with E-state index in [9.17, 15) is 0 Å². The van der Waals surface area contributed by atoms with Crippen LogP contribution in [0.4, 0.5) is 0 Å². The summed E-state index contributed by atoms with van der Waals surface area (Å²) in [5.41, 5.74) is 5.98. The summed E-state index contributed by atoms with van der Waals surface area (Å²) in [4.78, 5) is 0. The van der Waals surface area contributed by atoms with Crippen molar-refractivity contribution in [3.8, 4) is 28.7 Å². The monoisotopic (exact) mass is 460 g/mol. The SMILES string of the molecule is CCCCCCc1ccc(-c2ccc(C#Cc3ccc4cc(OCCCC)ccc4c3)cc2)cc1. The third kappa shape index (κ3) is 7.24. The zero-order valence-corrected chi connectivity index (χ0v) is 21.1. The van der Waals surface area contributed by atoms with E-state index >= 15 is 0 Å². The minimum absolute atomic E-state index is 0.773. The average molecular weight is 461 g/mol. The first kappa shape index (κ1) is 24.6. The largest absolute Gasteiger partial charge is 0.494 e. The molecule has 178 valence electrons. The molecule has 0 N–H and O–H groups in total. The lowest BCUT2D eigenvalue weighted by Crippen LogP contribution is -1.96. The number of fused-ring (bicyclic) bond motifs is 1. The summed E-state index contributed by atoms with van der Waals surface area (Å²) in [6, 6.07) is 30.2. The molecule has 0 aliphatic carbocycles. The van der Waals surface area contributed by atoms with Gasteiger partial charge in [-0.3, -0.25) is 0 Å². The molecule has 0 saturated carbocycles. The van der Waals surface area contributed by atoms with Gasteiger partial charge in [-0.25, -0.2) is 0 Å². The van der Waals surface area contributed by atoms with Crippen molar-refractivity contribution in [3.63, 3.8) is 0 Å². The van der Waals surface area contributed by atoms with Crippen LogP contribution in [0.25, 0.3) is 21.9 Å². The Hall–Kier alpha value is -3.50. The summed E-state index contributed by atoms with van der Waals surface area (Å²) < 4.78 is 5.83. The number of rotatable bonds is 10. The number of hydrogen-bond acceptors (Lipinski definition) is 1. The van der Waals surface area contributed by atoms with E-state index in [1.807, 2.05) is 6.07 Å². The van der Waals surface area contributed by atoms with Gasteiger partial charge >= 0.3 is 0 Å². The number of hydrogen-bond donors (Lipinski definition) is 0. The number of ether oxygens (including phenoxy) is 1. The van der Waals surface area contributed by atoms with E-state index < -0.39 is 0 Å². The van der Waals surface area contributed by atoms with Gasteiger partial charge in [-0.2, -0.15) is 0 Å². The van der Waals surface area contributed by atoms with Gasteiger partial charge in [0.05, 0.1) is 6.61 Å². The molecule has 0 amide bonds. The Bertz CT molecular complexity index is 1270. The molecule has 0 aliphatic rings. The van der Waals surface area contributed by atoms with Gasteiger partial charge in [-0.1, -0.05) is 99.9 Å². The second-order valence-corrected chi connectivity index (χ2v) is 9.26. The molecule has 1 nitrogen and oxygen atoms in total. The third-order valence-electron chi connectivity index (χ3n) is 6.42. The van der Waals surface area contributed by atoms with E-state index in [0.29, 0.717) is 0 Å². The normalized spacial score (nSPS) is 10.7. The molecule has 0 aliphatic heterocycles. The lowest BCUT2D eigenvalue weighted by atomic mass is 10.00. The van der Waals surface area contributed by atoms with Crippen LogP contribution in [0.15, 0.2) is 84.9 Å². The predicted molar refractivity (Wildman–Crippen MR) is 150 cm³/mol. The standard InChI is InChI=1S/C34H36O/c1-3-5-7-8-9-27-12-17-30(18-13-27)31-19-14-28(15-20-31)10-11-29-16-21-33-26-34(35-24-6-4-2)23-22-32(33)25-29/h12-23,25-26H,3-9,24H2,1-2H3. The fraction of sp³-hybridized carbons (Fsp3) is 0.294. The molecule has 0 radical (unpaired) electrons. The zero-order valence-electron chi connectivity index (χ0n) is 21.1. The first-order chi connectivity index (χ1) is 17.2. The maximum Gasteiger partial charge on any atom is 0.119 e. The van der Waals surface area contributed by atoms with Crippen LogP contribution in [0.3, 0.4) is 0 Å². The van der Waals surface area contributed by atoms with Gasteiger partial charge in [0, 0.05) is 11.1 Å². The van der Waals surface area contributed by atoms with Crippen LogP contribution < -0.4 is 4.74 Å². The lowest BCUT2D eigenvalue weighted by molar-refractivity contribution is 0.310. The lowest BCUT2D eigenvalue weighted by Gasteiger charge is -2.07. The van der Waals surface area contributed by atoms with Crippen LogP contribution in [0.5, 0.6) is 5.75 Å². The molecule has 0 unspecified atom stereocenters. The van der Waals surface area contributed by atoms with Crippen molar-refractivity contribution >= 4 is 10.8 Å². The highest BCUT2D eigenvalue weighted by molar-refractivity contribution is 5.85. The Morgan fingerprint density at radius 2 is 1.20 bits per heavy atom. The Kier molecular flexibility index (Phi) is 9.02. The van der Waals surface area contributed by atoms with Crippen LogP contribution in [0.1, 0.15) is 69.1 Å². The van der Waals surface area contributed by atoms with E-state index in [0.717, 1.165) is 36.3 Å². The summed E-state index contributed by atoms with van der Waals surface area (Å²) in [5, 5.41) is 2.37. The van der Waals surface area contributed by atoms with Crippen LogP contribution in [0.2, 0.25) is 0 Å². The molecular formula is C34H36O.